The molecule has 0 saturated heterocycles. The minimum atomic E-state index is -0.422. The van der Waals surface area contributed by atoms with E-state index in [4.69, 9.17) is 14.2 Å². The Morgan fingerprint density at radius 2 is 1.48 bits per heavy atom. The molecule has 5 heteroatoms. The summed E-state index contributed by atoms with van der Waals surface area (Å²) in [6, 6.07) is 5.79. The number of unbranched alkanes of at least 4 members (excludes halogenated alkanes) is 1. The Hall–Kier alpha value is -2.56. The predicted octanol–water partition coefficient (Wildman–Crippen LogP) is 6.27. The molecule has 178 valence electrons. The van der Waals surface area contributed by atoms with Crippen LogP contribution in [0.25, 0.3) is 0 Å². The average molecular weight is 453 g/mol. The summed E-state index contributed by atoms with van der Waals surface area (Å²) >= 11 is 0. The number of carbonyl (C=O) groups excluding carboxylic acids is 2. The second-order valence-corrected chi connectivity index (χ2v) is 11.2. The minimum Gasteiger partial charge on any atom is -0.493 e. The van der Waals surface area contributed by atoms with Crippen LogP contribution < -0.4 is 9.47 Å². The van der Waals surface area contributed by atoms with Gasteiger partial charge < -0.3 is 14.2 Å². The van der Waals surface area contributed by atoms with Crippen molar-refractivity contribution in [2.24, 2.45) is 10.8 Å². The van der Waals surface area contributed by atoms with Crippen LogP contribution in [-0.2, 0) is 14.3 Å². The van der Waals surface area contributed by atoms with Gasteiger partial charge in [0.05, 0.1) is 13.7 Å². The van der Waals surface area contributed by atoms with Crippen LogP contribution in [0.1, 0.15) is 84.6 Å². The molecule has 0 radical (unpaired) electrons. The number of methoxy groups -OCH3 is 1. The maximum absolute atomic E-state index is 13.4. The molecule has 0 atom stereocenters. The standard InChI is InChI=1S/C28H36O5/c1-7-8-11-32-20-10-9-17(12-21(20)31-6)24-25-18(29)13-27(2,3)15-22(25)33-23-16-28(4,5)14-19(30)26(23)24/h9-10,12,24H,7-8,11,13-16H2,1-6H3. The van der Waals surface area contributed by atoms with E-state index in [0.717, 1.165) is 29.9 Å². The Bertz CT molecular complexity index is 988. The van der Waals surface area contributed by atoms with E-state index in [9.17, 15) is 9.59 Å². The highest BCUT2D eigenvalue weighted by Gasteiger charge is 2.47. The molecule has 0 saturated carbocycles. The second kappa shape index (κ2) is 8.66. The third-order valence-electron chi connectivity index (χ3n) is 6.86. The topological polar surface area (TPSA) is 61.8 Å². The summed E-state index contributed by atoms with van der Waals surface area (Å²) in [6.07, 6.45) is 4.28. The number of rotatable bonds is 6. The maximum atomic E-state index is 13.4. The molecular weight excluding hydrogens is 416 g/mol. The van der Waals surface area contributed by atoms with E-state index in [1.165, 1.54) is 0 Å². The van der Waals surface area contributed by atoms with Gasteiger partial charge in [-0.2, -0.15) is 0 Å². The quantitative estimate of drug-likeness (QED) is 0.476. The minimum absolute atomic E-state index is 0.0673. The molecule has 0 aromatic heterocycles. The summed E-state index contributed by atoms with van der Waals surface area (Å²) in [6.45, 7) is 11.1. The van der Waals surface area contributed by atoms with E-state index in [0.29, 0.717) is 54.9 Å². The van der Waals surface area contributed by atoms with Crippen LogP contribution in [0, 0.1) is 10.8 Å². The third kappa shape index (κ3) is 4.60. The Morgan fingerprint density at radius 3 is 2.00 bits per heavy atom. The van der Waals surface area contributed by atoms with Gasteiger partial charge in [-0.05, 0) is 34.9 Å². The highest BCUT2D eigenvalue weighted by Crippen LogP contribution is 2.53. The largest absolute Gasteiger partial charge is 0.493 e. The van der Waals surface area contributed by atoms with Crippen molar-refractivity contribution in [2.75, 3.05) is 13.7 Å². The number of carbonyl (C=O) groups is 2. The molecule has 0 unspecified atom stereocenters. The summed E-state index contributed by atoms with van der Waals surface area (Å²) in [5, 5.41) is 0. The van der Waals surface area contributed by atoms with Crippen LogP contribution in [0.5, 0.6) is 11.5 Å². The van der Waals surface area contributed by atoms with E-state index >= 15 is 0 Å². The van der Waals surface area contributed by atoms with Crippen molar-refractivity contribution in [1.29, 1.82) is 0 Å². The Kier molecular flexibility index (Phi) is 6.19. The van der Waals surface area contributed by atoms with E-state index in [1.807, 2.05) is 18.2 Å². The Balaban J connectivity index is 1.83. The van der Waals surface area contributed by atoms with Gasteiger partial charge in [-0.15, -0.1) is 0 Å². The van der Waals surface area contributed by atoms with Gasteiger partial charge in [-0.25, -0.2) is 0 Å². The van der Waals surface area contributed by atoms with Crippen LogP contribution in [0.4, 0.5) is 0 Å². The first-order valence-corrected chi connectivity index (χ1v) is 12.1. The summed E-state index contributed by atoms with van der Waals surface area (Å²) < 4.78 is 17.9. The number of benzene rings is 1. The van der Waals surface area contributed by atoms with Crippen LogP contribution in [0.3, 0.4) is 0 Å². The molecular formula is C28H36O5. The molecule has 3 aliphatic rings. The number of hydrogen-bond acceptors (Lipinski definition) is 5. The maximum Gasteiger partial charge on any atom is 0.163 e. The van der Waals surface area contributed by atoms with Crippen LogP contribution in [0.2, 0.25) is 0 Å². The van der Waals surface area contributed by atoms with E-state index < -0.39 is 5.92 Å². The molecule has 33 heavy (non-hydrogen) atoms. The number of Topliss-reactive ketones (excluding diaryl/α,β-unsaturated/α-hetero) is 2. The first kappa shape index (κ1) is 23.6. The zero-order valence-electron chi connectivity index (χ0n) is 20.8. The SMILES string of the molecule is CCCCOc1ccc(C2C3=C(CC(C)(C)CC3=O)OC3=C2C(=O)CC(C)(C)C3)cc1OC. The molecule has 4 rings (SSSR count). The van der Waals surface area contributed by atoms with Gasteiger partial charge in [0.2, 0.25) is 0 Å². The third-order valence-corrected chi connectivity index (χ3v) is 6.86. The first-order chi connectivity index (χ1) is 15.5. The predicted molar refractivity (Wildman–Crippen MR) is 127 cm³/mol. The fourth-order valence-corrected chi connectivity index (χ4v) is 5.32. The Labute approximate surface area is 197 Å². The number of ether oxygens (including phenoxy) is 3. The van der Waals surface area contributed by atoms with Gasteiger partial charge in [0.1, 0.15) is 11.5 Å². The van der Waals surface area contributed by atoms with Crippen molar-refractivity contribution >= 4 is 11.6 Å². The molecule has 5 nitrogen and oxygen atoms in total. The van der Waals surface area contributed by atoms with Gasteiger partial charge in [-0.3, -0.25) is 9.59 Å². The van der Waals surface area contributed by atoms with Crippen molar-refractivity contribution in [3.63, 3.8) is 0 Å². The molecule has 1 heterocycles. The highest BCUT2D eigenvalue weighted by atomic mass is 16.5. The van der Waals surface area contributed by atoms with Gasteiger partial charge >= 0.3 is 0 Å². The van der Waals surface area contributed by atoms with Crippen molar-refractivity contribution in [3.8, 4) is 11.5 Å². The molecule has 0 bridgehead atoms. The van der Waals surface area contributed by atoms with Crippen molar-refractivity contribution in [3.05, 3.63) is 46.4 Å². The fraction of sp³-hybridized carbons (Fsp3) is 0.571. The van der Waals surface area contributed by atoms with Gasteiger partial charge in [0.25, 0.3) is 0 Å². The molecule has 0 N–H and O–H groups in total. The van der Waals surface area contributed by atoms with Gasteiger partial charge in [0.15, 0.2) is 23.1 Å². The van der Waals surface area contributed by atoms with Gasteiger partial charge in [-0.1, -0.05) is 47.1 Å². The molecule has 0 amide bonds. The molecule has 2 aliphatic carbocycles. The van der Waals surface area contributed by atoms with Crippen molar-refractivity contribution in [2.45, 2.75) is 79.1 Å². The zero-order valence-corrected chi connectivity index (χ0v) is 20.8. The summed E-state index contributed by atoms with van der Waals surface area (Å²) in [5.41, 5.74) is 1.83. The number of ketones is 2. The normalized spacial score (nSPS) is 22.0. The molecule has 0 spiro atoms. The zero-order chi connectivity index (χ0) is 24.0. The van der Waals surface area contributed by atoms with Gasteiger partial charge in [0, 0.05) is 42.7 Å². The van der Waals surface area contributed by atoms with E-state index in [1.54, 1.807) is 7.11 Å². The van der Waals surface area contributed by atoms with Crippen molar-refractivity contribution < 1.29 is 23.8 Å². The fourth-order valence-electron chi connectivity index (χ4n) is 5.32. The second-order valence-electron chi connectivity index (χ2n) is 11.2. The monoisotopic (exact) mass is 452 g/mol. The molecule has 1 aromatic carbocycles. The average Bonchev–Trinajstić information content (AvgIpc) is 2.70. The smallest absolute Gasteiger partial charge is 0.163 e. The number of allylic oxidation sites excluding steroid dienone is 4. The van der Waals surface area contributed by atoms with Crippen LogP contribution in [0.15, 0.2) is 40.9 Å². The molecule has 1 aliphatic heterocycles. The Morgan fingerprint density at radius 1 is 0.909 bits per heavy atom. The van der Waals surface area contributed by atoms with Crippen LogP contribution in [-0.4, -0.2) is 25.3 Å². The lowest BCUT2D eigenvalue weighted by atomic mass is 9.65. The molecule has 1 aromatic rings. The summed E-state index contributed by atoms with van der Waals surface area (Å²) in [5.74, 6) is 2.47. The lowest BCUT2D eigenvalue weighted by molar-refractivity contribution is -0.120. The number of hydrogen-bond donors (Lipinski definition) is 0. The molecule has 0 fully saturated rings. The van der Waals surface area contributed by atoms with E-state index in [-0.39, 0.29) is 22.4 Å². The van der Waals surface area contributed by atoms with Crippen LogP contribution >= 0.6 is 0 Å². The van der Waals surface area contributed by atoms with E-state index in [2.05, 4.69) is 34.6 Å². The van der Waals surface area contributed by atoms with Crippen molar-refractivity contribution in [1.82, 2.24) is 0 Å². The summed E-state index contributed by atoms with van der Waals surface area (Å²) in [7, 11) is 1.62. The summed E-state index contributed by atoms with van der Waals surface area (Å²) in [4.78, 5) is 26.8. The lowest BCUT2D eigenvalue weighted by Gasteiger charge is -2.42. The lowest BCUT2D eigenvalue weighted by Crippen LogP contribution is -2.37. The first-order valence-electron chi connectivity index (χ1n) is 12.1. The highest BCUT2D eigenvalue weighted by molar-refractivity contribution is 6.06.